The van der Waals surface area contributed by atoms with E-state index in [1.807, 2.05) is 0 Å². The molecule has 1 rings (SSSR count). The summed E-state index contributed by atoms with van der Waals surface area (Å²) in [5.41, 5.74) is 0. The van der Waals surface area contributed by atoms with Crippen LogP contribution in [-0.2, 0) is 0 Å². The maximum absolute atomic E-state index is 3.51. The number of unbranched alkanes of at least 4 members (excludes halogenated alkanes) is 1. The van der Waals surface area contributed by atoms with E-state index in [0.717, 1.165) is 0 Å². The standard InChI is InChI=1S/C12H26N2/c1-2-3-8-13-9-12-14-10-6-4-5-7-11-14/h13H,2-12H2,1H3. The van der Waals surface area contributed by atoms with Gasteiger partial charge >= 0.3 is 0 Å². The second-order valence-electron chi connectivity index (χ2n) is 4.36. The first-order valence-corrected chi connectivity index (χ1v) is 6.36. The molecule has 2 heteroatoms. The van der Waals surface area contributed by atoms with Crippen LogP contribution in [0.1, 0.15) is 45.4 Å². The van der Waals surface area contributed by atoms with Gasteiger partial charge in [-0.15, -0.1) is 0 Å². The molecule has 1 heterocycles. The summed E-state index contributed by atoms with van der Waals surface area (Å²) in [6.07, 6.45) is 8.33. The highest BCUT2D eigenvalue weighted by atomic mass is 15.1. The maximum Gasteiger partial charge on any atom is 0.0107 e. The minimum atomic E-state index is 1.18. The van der Waals surface area contributed by atoms with E-state index in [1.165, 1.54) is 71.2 Å². The number of rotatable bonds is 6. The van der Waals surface area contributed by atoms with E-state index in [4.69, 9.17) is 0 Å². The van der Waals surface area contributed by atoms with E-state index in [1.54, 1.807) is 0 Å². The molecule has 0 radical (unpaired) electrons. The van der Waals surface area contributed by atoms with Gasteiger partial charge in [0.1, 0.15) is 0 Å². The Morgan fingerprint density at radius 3 is 2.36 bits per heavy atom. The minimum absolute atomic E-state index is 1.18. The Hall–Kier alpha value is -0.0800. The molecule has 0 spiro atoms. The molecule has 1 N–H and O–H groups in total. The van der Waals surface area contributed by atoms with Crippen molar-refractivity contribution >= 4 is 0 Å². The van der Waals surface area contributed by atoms with Crippen LogP contribution in [0.25, 0.3) is 0 Å². The molecule has 0 aromatic heterocycles. The van der Waals surface area contributed by atoms with Crippen LogP contribution in [0.15, 0.2) is 0 Å². The third-order valence-corrected chi connectivity index (χ3v) is 3.01. The molecular formula is C12H26N2. The normalized spacial score (nSPS) is 19.5. The number of hydrogen-bond donors (Lipinski definition) is 1. The Kier molecular flexibility index (Phi) is 7.06. The van der Waals surface area contributed by atoms with Crippen molar-refractivity contribution in [3.05, 3.63) is 0 Å². The van der Waals surface area contributed by atoms with E-state index in [0.29, 0.717) is 0 Å². The Morgan fingerprint density at radius 1 is 1.00 bits per heavy atom. The SMILES string of the molecule is CCCCNCCN1CCCCCC1. The van der Waals surface area contributed by atoms with Crippen molar-refractivity contribution in [2.75, 3.05) is 32.7 Å². The number of likely N-dealkylation sites (tertiary alicyclic amines) is 1. The first-order valence-electron chi connectivity index (χ1n) is 6.36. The van der Waals surface area contributed by atoms with Crippen molar-refractivity contribution in [3.8, 4) is 0 Å². The van der Waals surface area contributed by atoms with Crippen LogP contribution in [0, 0.1) is 0 Å². The number of hydrogen-bond acceptors (Lipinski definition) is 2. The van der Waals surface area contributed by atoms with Crippen LogP contribution in [-0.4, -0.2) is 37.6 Å². The maximum atomic E-state index is 3.51. The van der Waals surface area contributed by atoms with E-state index < -0.39 is 0 Å². The van der Waals surface area contributed by atoms with Crippen molar-refractivity contribution < 1.29 is 0 Å². The summed E-state index contributed by atoms with van der Waals surface area (Å²) in [5, 5.41) is 3.51. The molecule has 0 aromatic carbocycles. The summed E-state index contributed by atoms with van der Waals surface area (Å²) in [6, 6.07) is 0. The lowest BCUT2D eigenvalue weighted by Crippen LogP contribution is -2.33. The zero-order valence-corrected chi connectivity index (χ0v) is 9.73. The fourth-order valence-corrected chi connectivity index (χ4v) is 2.02. The largest absolute Gasteiger partial charge is 0.315 e. The van der Waals surface area contributed by atoms with Gasteiger partial charge in [-0.25, -0.2) is 0 Å². The molecule has 0 amide bonds. The van der Waals surface area contributed by atoms with Crippen molar-refractivity contribution in [2.45, 2.75) is 45.4 Å². The van der Waals surface area contributed by atoms with Gasteiger partial charge in [0.25, 0.3) is 0 Å². The van der Waals surface area contributed by atoms with E-state index in [2.05, 4.69) is 17.1 Å². The third kappa shape index (κ3) is 5.61. The van der Waals surface area contributed by atoms with Crippen molar-refractivity contribution in [2.24, 2.45) is 0 Å². The van der Waals surface area contributed by atoms with Gasteiger partial charge in [0.05, 0.1) is 0 Å². The molecule has 0 unspecified atom stereocenters. The first-order chi connectivity index (χ1) is 6.93. The predicted molar refractivity (Wildman–Crippen MR) is 62.7 cm³/mol. The molecule has 1 fully saturated rings. The van der Waals surface area contributed by atoms with Gasteiger partial charge in [-0.1, -0.05) is 26.2 Å². The topological polar surface area (TPSA) is 15.3 Å². The highest BCUT2D eigenvalue weighted by Gasteiger charge is 2.07. The quantitative estimate of drug-likeness (QED) is 0.659. The summed E-state index contributed by atoms with van der Waals surface area (Å²) in [4.78, 5) is 2.62. The van der Waals surface area contributed by atoms with Gasteiger partial charge in [-0.05, 0) is 38.9 Å². The van der Waals surface area contributed by atoms with Crippen LogP contribution in [0.2, 0.25) is 0 Å². The Balaban J connectivity index is 1.93. The molecule has 1 aliphatic rings. The molecule has 1 saturated heterocycles. The fourth-order valence-electron chi connectivity index (χ4n) is 2.02. The fraction of sp³-hybridized carbons (Fsp3) is 1.00. The molecule has 0 aromatic rings. The minimum Gasteiger partial charge on any atom is -0.315 e. The summed E-state index contributed by atoms with van der Waals surface area (Å²) in [6.45, 7) is 8.54. The van der Waals surface area contributed by atoms with E-state index in [-0.39, 0.29) is 0 Å². The van der Waals surface area contributed by atoms with Crippen molar-refractivity contribution in [3.63, 3.8) is 0 Å². The molecule has 2 nitrogen and oxygen atoms in total. The van der Waals surface area contributed by atoms with E-state index >= 15 is 0 Å². The van der Waals surface area contributed by atoms with Crippen LogP contribution < -0.4 is 5.32 Å². The number of nitrogens with zero attached hydrogens (tertiary/aromatic N) is 1. The molecule has 84 valence electrons. The second-order valence-corrected chi connectivity index (χ2v) is 4.36. The third-order valence-electron chi connectivity index (χ3n) is 3.01. The van der Waals surface area contributed by atoms with Crippen molar-refractivity contribution in [1.29, 1.82) is 0 Å². The van der Waals surface area contributed by atoms with Crippen molar-refractivity contribution in [1.82, 2.24) is 10.2 Å². The first kappa shape index (κ1) is 12.0. The monoisotopic (exact) mass is 198 g/mol. The summed E-state index contributed by atoms with van der Waals surface area (Å²) in [5.74, 6) is 0. The molecule has 14 heavy (non-hydrogen) atoms. The molecule has 0 bridgehead atoms. The average Bonchev–Trinajstić information content (AvgIpc) is 2.46. The van der Waals surface area contributed by atoms with Gasteiger partial charge in [0, 0.05) is 13.1 Å². The van der Waals surface area contributed by atoms with Gasteiger partial charge in [0.2, 0.25) is 0 Å². The molecule has 1 aliphatic heterocycles. The van der Waals surface area contributed by atoms with E-state index in [9.17, 15) is 0 Å². The van der Waals surface area contributed by atoms with Crippen LogP contribution in [0.3, 0.4) is 0 Å². The molecular weight excluding hydrogens is 172 g/mol. The Morgan fingerprint density at radius 2 is 1.71 bits per heavy atom. The van der Waals surface area contributed by atoms with Gasteiger partial charge in [-0.2, -0.15) is 0 Å². The lowest BCUT2D eigenvalue weighted by atomic mass is 10.2. The lowest BCUT2D eigenvalue weighted by molar-refractivity contribution is 0.284. The van der Waals surface area contributed by atoms with Crippen LogP contribution in [0.4, 0.5) is 0 Å². The highest BCUT2D eigenvalue weighted by Crippen LogP contribution is 2.08. The number of nitrogens with one attached hydrogen (secondary N) is 1. The average molecular weight is 198 g/mol. The van der Waals surface area contributed by atoms with Gasteiger partial charge < -0.3 is 10.2 Å². The van der Waals surface area contributed by atoms with Crippen LogP contribution in [0.5, 0.6) is 0 Å². The molecule has 0 atom stereocenters. The van der Waals surface area contributed by atoms with Gasteiger partial charge in [-0.3, -0.25) is 0 Å². The van der Waals surface area contributed by atoms with Crippen LogP contribution >= 0.6 is 0 Å². The Bertz CT molecular complexity index is 117. The molecule has 0 saturated carbocycles. The Labute approximate surface area is 89.1 Å². The lowest BCUT2D eigenvalue weighted by Gasteiger charge is -2.19. The zero-order valence-electron chi connectivity index (χ0n) is 9.73. The summed E-state index contributed by atoms with van der Waals surface area (Å²) >= 11 is 0. The zero-order chi connectivity index (χ0) is 10.1. The predicted octanol–water partition coefficient (Wildman–Crippen LogP) is 2.25. The molecule has 0 aliphatic carbocycles. The summed E-state index contributed by atoms with van der Waals surface area (Å²) < 4.78 is 0. The van der Waals surface area contributed by atoms with Gasteiger partial charge in [0.15, 0.2) is 0 Å². The smallest absolute Gasteiger partial charge is 0.0107 e. The summed E-state index contributed by atoms with van der Waals surface area (Å²) in [7, 11) is 0. The highest BCUT2D eigenvalue weighted by molar-refractivity contribution is 4.64. The second kappa shape index (κ2) is 8.25.